The smallest absolute Gasteiger partial charge is 0.0702 e. The van der Waals surface area contributed by atoms with E-state index in [0.29, 0.717) is 11.1 Å². The standard InChI is InChI=1S/C12H18ClNOS/c1-9(8-16-3)14(2)12-10(7-15)5-4-6-11(12)13/h4-6,9,15H,7-8H2,1-3H3. The molecule has 1 N–H and O–H groups in total. The van der Waals surface area contributed by atoms with Crippen molar-refractivity contribution in [2.24, 2.45) is 0 Å². The molecule has 0 aromatic heterocycles. The first kappa shape index (κ1) is 13.7. The molecule has 0 heterocycles. The maximum absolute atomic E-state index is 9.31. The van der Waals surface area contributed by atoms with Crippen molar-refractivity contribution in [3.8, 4) is 0 Å². The fourth-order valence-electron chi connectivity index (χ4n) is 1.66. The molecule has 0 saturated heterocycles. The van der Waals surface area contributed by atoms with Crippen LogP contribution in [-0.2, 0) is 6.61 Å². The van der Waals surface area contributed by atoms with E-state index in [-0.39, 0.29) is 6.61 Å². The van der Waals surface area contributed by atoms with Crippen molar-refractivity contribution in [3.05, 3.63) is 28.8 Å². The van der Waals surface area contributed by atoms with E-state index in [1.807, 2.05) is 25.2 Å². The second-order valence-corrected chi connectivity index (χ2v) is 5.14. The second-order valence-electron chi connectivity index (χ2n) is 3.82. The topological polar surface area (TPSA) is 23.5 Å². The summed E-state index contributed by atoms with van der Waals surface area (Å²) in [5, 5.41) is 10.0. The van der Waals surface area contributed by atoms with Gasteiger partial charge in [0.25, 0.3) is 0 Å². The molecule has 2 nitrogen and oxygen atoms in total. The molecule has 0 fully saturated rings. The Labute approximate surface area is 107 Å². The molecule has 0 radical (unpaired) electrons. The van der Waals surface area contributed by atoms with E-state index in [2.05, 4.69) is 18.1 Å². The summed E-state index contributed by atoms with van der Waals surface area (Å²) in [6.07, 6.45) is 2.09. The highest BCUT2D eigenvalue weighted by Gasteiger charge is 2.15. The summed E-state index contributed by atoms with van der Waals surface area (Å²) in [5.74, 6) is 1.03. The molecule has 0 aliphatic rings. The van der Waals surface area contributed by atoms with Gasteiger partial charge >= 0.3 is 0 Å². The molecule has 1 aromatic rings. The number of aliphatic hydroxyl groups is 1. The van der Waals surface area contributed by atoms with Gasteiger partial charge in [0.1, 0.15) is 0 Å². The van der Waals surface area contributed by atoms with E-state index in [9.17, 15) is 5.11 Å². The van der Waals surface area contributed by atoms with Crippen LogP contribution in [0.5, 0.6) is 0 Å². The van der Waals surface area contributed by atoms with Crippen LogP contribution >= 0.6 is 23.4 Å². The Balaban J connectivity index is 3.01. The highest BCUT2D eigenvalue weighted by atomic mass is 35.5. The summed E-state index contributed by atoms with van der Waals surface area (Å²) in [6.45, 7) is 2.17. The number of benzene rings is 1. The predicted molar refractivity (Wildman–Crippen MR) is 73.6 cm³/mol. The average molecular weight is 260 g/mol. The summed E-state index contributed by atoms with van der Waals surface area (Å²) in [6, 6.07) is 6.02. The molecule has 0 spiro atoms. The third kappa shape index (κ3) is 3.06. The number of para-hydroxylation sites is 1. The Kier molecular flexibility index (Phi) is 5.46. The molecule has 0 aliphatic carbocycles. The van der Waals surface area contributed by atoms with Gasteiger partial charge in [0, 0.05) is 24.4 Å². The summed E-state index contributed by atoms with van der Waals surface area (Å²) in [7, 11) is 2.02. The van der Waals surface area contributed by atoms with Gasteiger partial charge in [-0.3, -0.25) is 0 Å². The number of thioether (sulfide) groups is 1. The molecule has 16 heavy (non-hydrogen) atoms. The average Bonchev–Trinajstić information content (AvgIpc) is 2.28. The largest absolute Gasteiger partial charge is 0.392 e. The first-order chi connectivity index (χ1) is 7.61. The minimum atomic E-state index is 0.0201. The van der Waals surface area contributed by atoms with Gasteiger partial charge in [-0.2, -0.15) is 11.8 Å². The minimum absolute atomic E-state index is 0.0201. The molecule has 90 valence electrons. The highest BCUT2D eigenvalue weighted by molar-refractivity contribution is 7.98. The number of nitrogens with zero attached hydrogens (tertiary/aromatic N) is 1. The number of rotatable bonds is 5. The van der Waals surface area contributed by atoms with Crippen LogP contribution < -0.4 is 4.90 Å². The predicted octanol–water partition coefficient (Wildman–Crippen LogP) is 3.02. The molecule has 0 aliphatic heterocycles. The third-order valence-electron chi connectivity index (χ3n) is 2.66. The van der Waals surface area contributed by atoms with E-state index in [0.717, 1.165) is 17.0 Å². The van der Waals surface area contributed by atoms with E-state index in [4.69, 9.17) is 11.6 Å². The Morgan fingerprint density at radius 1 is 1.50 bits per heavy atom. The van der Waals surface area contributed by atoms with Crippen LogP contribution in [0, 0.1) is 0 Å². The van der Waals surface area contributed by atoms with Crippen LogP contribution in [-0.4, -0.2) is 30.2 Å². The molecule has 0 saturated carbocycles. The van der Waals surface area contributed by atoms with Gasteiger partial charge in [-0.25, -0.2) is 0 Å². The molecule has 1 rings (SSSR count). The van der Waals surface area contributed by atoms with Gasteiger partial charge < -0.3 is 10.0 Å². The lowest BCUT2D eigenvalue weighted by Gasteiger charge is -2.29. The van der Waals surface area contributed by atoms with Gasteiger partial charge in [-0.05, 0) is 19.2 Å². The van der Waals surface area contributed by atoms with Crippen LogP contribution in [0.2, 0.25) is 5.02 Å². The molecule has 1 unspecified atom stereocenters. The van der Waals surface area contributed by atoms with Crippen molar-refractivity contribution < 1.29 is 5.11 Å². The quantitative estimate of drug-likeness (QED) is 0.879. The van der Waals surface area contributed by atoms with E-state index in [1.54, 1.807) is 11.8 Å². The number of hydrogen-bond donors (Lipinski definition) is 1. The number of halogens is 1. The molecular weight excluding hydrogens is 242 g/mol. The lowest BCUT2D eigenvalue weighted by atomic mass is 10.1. The van der Waals surface area contributed by atoms with Crippen molar-refractivity contribution in [3.63, 3.8) is 0 Å². The zero-order valence-corrected chi connectivity index (χ0v) is 11.5. The first-order valence-corrected chi connectivity index (χ1v) is 6.99. The zero-order chi connectivity index (χ0) is 12.1. The molecule has 1 aromatic carbocycles. The van der Waals surface area contributed by atoms with Gasteiger partial charge in [0.15, 0.2) is 0 Å². The van der Waals surface area contributed by atoms with Gasteiger partial charge in [-0.1, -0.05) is 23.7 Å². The van der Waals surface area contributed by atoms with Gasteiger partial charge in [-0.15, -0.1) is 0 Å². The SMILES string of the molecule is CSCC(C)N(C)c1c(Cl)cccc1CO. The zero-order valence-electron chi connectivity index (χ0n) is 9.90. The van der Waals surface area contributed by atoms with Crippen LogP contribution in [0.25, 0.3) is 0 Å². The highest BCUT2D eigenvalue weighted by Crippen LogP contribution is 2.30. The first-order valence-electron chi connectivity index (χ1n) is 5.21. The molecule has 0 bridgehead atoms. The summed E-state index contributed by atoms with van der Waals surface area (Å²) < 4.78 is 0. The Bertz CT molecular complexity index is 346. The Hall–Kier alpha value is -0.380. The molecule has 0 amide bonds. The maximum atomic E-state index is 9.31. The van der Waals surface area contributed by atoms with Crippen molar-refractivity contribution in [1.29, 1.82) is 0 Å². The number of aliphatic hydroxyl groups excluding tert-OH is 1. The molecular formula is C12H18ClNOS. The van der Waals surface area contributed by atoms with E-state index < -0.39 is 0 Å². The van der Waals surface area contributed by atoms with Crippen molar-refractivity contribution >= 4 is 29.1 Å². The summed E-state index contributed by atoms with van der Waals surface area (Å²) in [5.41, 5.74) is 1.82. The monoisotopic (exact) mass is 259 g/mol. The van der Waals surface area contributed by atoms with E-state index in [1.165, 1.54) is 0 Å². The van der Waals surface area contributed by atoms with Crippen LogP contribution in [0.4, 0.5) is 5.69 Å². The molecule has 4 heteroatoms. The molecule has 1 atom stereocenters. The van der Waals surface area contributed by atoms with Gasteiger partial charge in [0.2, 0.25) is 0 Å². The van der Waals surface area contributed by atoms with Crippen molar-refractivity contribution in [1.82, 2.24) is 0 Å². The summed E-state index contributed by atoms with van der Waals surface area (Å²) in [4.78, 5) is 2.13. The maximum Gasteiger partial charge on any atom is 0.0702 e. The Morgan fingerprint density at radius 3 is 2.75 bits per heavy atom. The van der Waals surface area contributed by atoms with E-state index >= 15 is 0 Å². The van der Waals surface area contributed by atoms with Gasteiger partial charge in [0.05, 0.1) is 17.3 Å². The van der Waals surface area contributed by atoms with Crippen LogP contribution in [0.1, 0.15) is 12.5 Å². The lowest BCUT2D eigenvalue weighted by Crippen LogP contribution is -2.31. The minimum Gasteiger partial charge on any atom is -0.392 e. The number of hydrogen-bond acceptors (Lipinski definition) is 3. The fourth-order valence-corrected chi connectivity index (χ4v) is 2.69. The van der Waals surface area contributed by atoms with Crippen LogP contribution in [0.3, 0.4) is 0 Å². The number of anilines is 1. The van der Waals surface area contributed by atoms with Crippen molar-refractivity contribution in [2.45, 2.75) is 19.6 Å². The summed E-state index contributed by atoms with van der Waals surface area (Å²) >= 11 is 7.99. The second kappa shape index (κ2) is 6.38. The van der Waals surface area contributed by atoms with Crippen molar-refractivity contribution in [2.75, 3.05) is 24.0 Å². The normalized spacial score (nSPS) is 12.6. The lowest BCUT2D eigenvalue weighted by molar-refractivity contribution is 0.282. The fraction of sp³-hybridized carbons (Fsp3) is 0.500. The Morgan fingerprint density at radius 2 is 2.19 bits per heavy atom. The van der Waals surface area contributed by atoms with Crippen LogP contribution in [0.15, 0.2) is 18.2 Å². The third-order valence-corrected chi connectivity index (χ3v) is 3.78.